The highest BCUT2D eigenvalue weighted by Gasteiger charge is 2.09. The molecule has 1 aromatic carbocycles. The lowest BCUT2D eigenvalue weighted by atomic mass is 10.1. The lowest BCUT2D eigenvalue weighted by molar-refractivity contribution is 0.102. The Bertz CT molecular complexity index is 624. The molecule has 0 spiro atoms. The summed E-state index contributed by atoms with van der Waals surface area (Å²) < 4.78 is 0. The number of aryl methyl sites for hydroxylation is 1. The minimum Gasteiger partial charge on any atom is -0.396 e. The van der Waals surface area contributed by atoms with Crippen LogP contribution in [0, 0.1) is 0 Å². The van der Waals surface area contributed by atoms with Crippen LogP contribution in [0.3, 0.4) is 0 Å². The normalized spacial score (nSPS) is 10.4. The lowest BCUT2D eigenvalue weighted by Crippen LogP contribution is -2.13. The standard InChI is InChI=1S/C16H19N3O2/c1-2-13-9-12(10-15(17)18-13)16(21)19-14-5-3-11(4-6-14)7-8-20/h3-6,9-10,20H,2,7-8H2,1H3,(H2,17,18)(H,19,21). The zero-order valence-electron chi connectivity index (χ0n) is 12.0. The number of nitrogens with one attached hydrogen (secondary N) is 1. The van der Waals surface area contributed by atoms with E-state index in [0.717, 1.165) is 17.7 Å². The first-order valence-corrected chi connectivity index (χ1v) is 6.90. The molecular weight excluding hydrogens is 266 g/mol. The van der Waals surface area contributed by atoms with E-state index in [1.165, 1.54) is 0 Å². The number of anilines is 2. The molecule has 1 heterocycles. The van der Waals surface area contributed by atoms with Gasteiger partial charge in [-0.3, -0.25) is 4.79 Å². The maximum Gasteiger partial charge on any atom is 0.255 e. The Balaban J connectivity index is 2.12. The van der Waals surface area contributed by atoms with Gasteiger partial charge in [0.05, 0.1) is 0 Å². The summed E-state index contributed by atoms with van der Waals surface area (Å²) in [6.07, 6.45) is 1.33. The summed E-state index contributed by atoms with van der Waals surface area (Å²) in [5.74, 6) is 0.131. The molecule has 2 aromatic rings. The van der Waals surface area contributed by atoms with Gasteiger partial charge in [0, 0.05) is 23.6 Å². The third-order valence-electron chi connectivity index (χ3n) is 3.13. The summed E-state index contributed by atoms with van der Waals surface area (Å²) in [7, 11) is 0. The van der Waals surface area contributed by atoms with Crippen molar-refractivity contribution in [3.05, 3.63) is 53.2 Å². The molecule has 0 atom stereocenters. The second-order valence-corrected chi connectivity index (χ2v) is 4.75. The van der Waals surface area contributed by atoms with E-state index in [9.17, 15) is 4.79 Å². The number of nitrogens with two attached hydrogens (primary N) is 1. The molecule has 21 heavy (non-hydrogen) atoms. The first-order chi connectivity index (χ1) is 10.1. The summed E-state index contributed by atoms with van der Waals surface area (Å²) in [5.41, 5.74) is 8.72. The second-order valence-electron chi connectivity index (χ2n) is 4.75. The maximum absolute atomic E-state index is 12.2. The Morgan fingerprint density at radius 3 is 2.62 bits per heavy atom. The number of aliphatic hydroxyl groups excluding tert-OH is 1. The third kappa shape index (κ3) is 4.03. The molecule has 1 amide bonds. The topological polar surface area (TPSA) is 88.2 Å². The molecule has 0 saturated carbocycles. The van der Waals surface area contributed by atoms with Crippen LogP contribution in [0.4, 0.5) is 11.5 Å². The summed E-state index contributed by atoms with van der Waals surface area (Å²) in [5, 5.41) is 11.7. The molecule has 0 aliphatic carbocycles. The highest BCUT2D eigenvalue weighted by Crippen LogP contribution is 2.14. The van der Waals surface area contributed by atoms with Gasteiger partial charge < -0.3 is 16.2 Å². The van der Waals surface area contributed by atoms with E-state index in [2.05, 4.69) is 10.3 Å². The van der Waals surface area contributed by atoms with Crippen LogP contribution in [-0.2, 0) is 12.8 Å². The average molecular weight is 285 g/mol. The molecule has 2 rings (SSSR count). The molecule has 0 radical (unpaired) electrons. The Kier molecular flexibility index (Phi) is 4.90. The van der Waals surface area contributed by atoms with Crippen molar-refractivity contribution in [1.82, 2.24) is 4.98 Å². The number of carbonyl (C=O) groups is 1. The molecule has 4 N–H and O–H groups in total. The van der Waals surface area contributed by atoms with Gasteiger partial charge in [0.25, 0.3) is 5.91 Å². The Morgan fingerprint density at radius 1 is 1.29 bits per heavy atom. The quantitative estimate of drug-likeness (QED) is 0.784. The van der Waals surface area contributed by atoms with E-state index >= 15 is 0 Å². The number of amides is 1. The van der Waals surface area contributed by atoms with Crippen LogP contribution in [0.5, 0.6) is 0 Å². The SMILES string of the molecule is CCc1cc(C(=O)Nc2ccc(CCO)cc2)cc(N)n1. The molecule has 0 aliphatic heterocycles. The van der Waals surface area contributed by atoms with E-state index in [1.807, 2.05) is 31.2 Å². The molecule has 1 aromatic heterocycles. The molecule has 0 bridgehead atoms. The number of hydrogen-bond donors (Lipinski definition) is 3. The number of nitrogen functional groups attached to an aromatic ring is 1. The number of hydrogen-bond acceptors (Lipinski definition) is 4. The van der Waals surface area contributed by atoms with E-state index in [0.29, 0.717) is 23.5 Å². The lowest BCUT2D eigenvalue weighted by Gasteiger charge is -2.08. The van der Waals surface area contributed by atoms with Crippen molar-refractivity contribution in [2.24, 2.45) is 0 Å². The Hall–Kier alpha value is -2.40. The molecule has 0 saturated heterocycles. The number of pyridine rings is 1. The highest BCUT2D eigenvalue weighted by molar-refractivity contribution is 6.04. The van der Waals surface area contributed by atoms with Gasteiger partial charge in [-0.25, -0.2) is 4.98 Å². The molecule has 5 nitrogen and oxygen atoms in total. The predicted octanol–water partition coefficient (Wildman–Crippen LogP) is 2.01. The molecular formula is C16H19N3O2. The minimum absolute atomic E-state index is 0.113. The van der Waals surface area contributed by atoms with Crippen molar-refractivity contribution in [3.8, 4) is 0 Å². The fourth-order valence-electron chi connectivity index (χ4n) is 2.01. The second kappa shape index (κ2) is 6.85. The Labute approximate surface area is 123 Å². The number of aromatic nitrogens is 1. The fourth-order valence-corrected chi connectivity index (χ4v) is 2.01. The maximum atomic E-state index is 12.2. The van der Waals surface area contributed by atoms with Crippen LogP contribution < -0.4 is 11.1 Å². The number of rotatable bonds is 5. The first-order valence-electron chi connectivity index (χ1n) is 6.90. The van der Waals surface area contributed by atoms with Crippen LogP contribution in [0.2, 0.25) is 0 Å². The van der Waals surface area contributed by atoms with Crippen LogP contribution >= 0.6 is 0 Å². The minimum atomic E-state index is -0.214. The van der Waals surface area contributed by atoms with E-state index in [1.54, 1.807) is 12.1 Å². The average Bonchev–Trinajstić information content (AvgIpc) is 2.48. The van der Waals surface area contributed by atoms with Crippen molar-refractivity contribution < 1.29 is 9.90 Å². The smallest absolute Gasteiger partial charge is 0.255 e. The Morgan fingerprint density at radius 2 is 2.00 bits per heavy atom. The van der Waals surface area contributed by atoms with E-state index in [-0.39, 0.29) is 12.5 Å². The number of carbonyl (C=O) groups excluding carboxylic acids is 1. The fraction of sp³-hybridized carbons (Fsp3) is 0.250. The molecule has 0 aliphatic rings. The van der Waals surface area contributed by atoms with Crippen LogP contribution in [0.1, 0.15) is 28.5 Å². The molecule has 110 valence electrons. The first kappa shape index (κ1) is 15.0. The van der Waals surface area contributed by atoms with Crippen LogP contribution in [0.25, 0.3) is 0 Å². The number of benzene rings is 1. The van der Waals surface area contributed by atoms with Gasteiger partial charge in [0.15, 0.2) is 0 Å². The van der Waals surface area contributed by atoms with Crippen LogP contribution in [0.15, 0.2) is 36.4 Å². The van der Waals surface area contributed by atoms with Gasteiger partial charge in [-0.2, -0.15) is 0 Å². The monoisotopic (exact) mass is 285 g/mol. The molecule has 0 fully saturated rings. The number of aliphatic hydroxyl groups is 1. The van der Waals surface area contributed by atoms with Crippen molar-refractivity contribution >= 4 is 17.4 Å². The zero-order chi connectivity index (χ0) is 15.2. The van der Waals surface area contributed by atoms with Crippen molar-refractivity contribution in [2.75, 3.05) is 17.7 Å². The van der Waals surface area contributed by atoms with Gasteiger partial charge >= 0.3 is 0 Å². The van der Waals surface area contributed by atoms with Gasteiger partial charge in [-0.1, -0.05) is 19.1 Å². The van der Waals surface area contributed by atoms with E-state index in [4.69, 9.17) is 10.8 Å². The summed E-state index contributed by atoms with van der Waals surface area (Å²) in [6, 6.07) is 10.7. The van der Waals surface area contributed by atoms with Gasteiger partial charge in [-0.15, -0.1) is 0 Å². The van der Waals surface area contributed by atoms with Crippen molar-refractivity contribution in [3.63, 3.8) is 0 Å². The number of nitrogens with zero attached hydrogens (tertiary/aromatic N) is 1. The molecule has 0 unspecified atom stereocenters. The van der Waals surface area contributed by atoms with E-state index < -0.39 is 0 Å². The largest absolute Gasteiger partial charge is 0.396 e. The van der Waals surface area contributed by atoms with Gasteiger partial charge in [0.1, 0.15) is 5.82 Å². The zero-order valence-corrected chi connectivity index (χ0v) is 12.0. The summed E-state index contributed by atoms with van der Waals surface area (Å²) >= 11 is 0. The van der Waals surface area contributed by atoms with Gasteiger partial charge in [0.2, 0.25) is 0 Å². The molecule has 5 heteroatoms. The highest BCUT2D eigenvalue weighted by atomic mass is 16.2. The third-order valence-corrected chi connectivity index (χ3v) is 3.13. The summed E-state index contributed by atoms with van der Waals surface area (Å²) in [4.78, 5) is 16.4. The van der Waals surface area contributed by atoms with Crippen molar-refractivity contribution in [2.45, 2.75) is 19.8 Å². The van der Waals surface area contributed by atoms with Crippen LogP contribution in [-0.4, -0.2) is 22.6 Å². The van der Waals surface area contributed by atoms with Gasteiger partial charge in [-0.05, 0) is 42.7 Å². The van der Waals surface area contributed by atoms with Crippen molar-refractivity contribution in [1.29, 1.82) is 0 Å². The summed E-state index contributed by atoms with van der Waals surface area (Å²) in [6.45, 7) is 2.07. The predicted molar refractivity (Wildman–Crippen MR) is 83.2 cm³/mol.